The molecule has 0 heterocycles. The van der Waals surface area contributed by atoms with Crippen LogP contribution in [0.3, 0.4) is 0 Å². The van der Waals surface area contributed by atoms with Crippen molar-refractivity contribution in [2.45, 2.75) is 19.9 Å². The Morgan fingerprint density at radius 1 is 1.37 bits per heavy atom. The van der Waals surface area contributed by atoms with Crippen LogP contribution in [0.1, 0.15) is 24.2 Å². The molecule has 2 amide bonds. The predicted octanol–water partition coefficient (Wildman–Crippen LogP) is 0.565. The molecule has 0 bridgehead atoms. The van der Waals surface area contributed by atoms with Crippen LogP contribution < -0.4 is 21.7 Å². The third kappa shape index (κ3) is 3.87. The lowest BCUT2D eigenvalue weighted by Crippen LogP contribution is -2.37. The van der Waals surface area contributed by atoms with E-state index >= 15 is 0 Å². The summed E-state index contributed by atoms with van der Waals surface area (Å²) < 4.78 is 0. The number of nitrogens with one attached hydrogen (secondary N) is 3. The van der Waals surface area contributed by atoms with Gasteiger partial charge in [-0.15, -0.1) is 0 Å². The highest BCUT2D eigenvalue weighted by Gasteiger charge is 2.13. The number of carbonyl (C=O) groups is 2. The summed E-state index contributed by atoms with van der Waals surface area (Å²) in [5.41, 5.74) is 7.40. The van der Waals surface area contributed by atoms with Crippen molar-refractivity contribution in [3.05, 3.63) is 23.8 Å². The minimum absolute atomic E-state index is 0.0997. The maximum atomic E-state index is 11.6. The quantitative estimate of drug-likeness (QED) is 0.584. The molecule has 0 aliphatic heterocycles. The molecule has 0 fully saturated rings. The normalized spacial score (nSPS) is 11.5. The average Bonchev–Trinajstić information content (AvgIpc) is 2.40. The first-order chi connectivity index (χ1) is 8.99. The Labute approximate surface area is 112 Å². The van der Waals surface area contributed by atoms with Gasteiger partial charge in [0.1, 0.15) is 6.04 Å². The number of nitrogen functional groups attached to an aromatic ring is 1. The number of carbonyl (C=O) groups excluding carboxylic acids is 2. The van der Waals surface area contributed by atoms with E-state index in [9.17, 15) is 9.59 Å². The minimum Gasteiger partial charge on any atom is -0.397 e. The van der Waals surface area contributed by atoms with Crippen LogP contribution in [0, 0.1) is 0 Å². The summed E-state index contributed by atoms with van der Waals surface area (Å²) in [6.07, 6.45) is 0. The summed E-state index contributed by atoms with van der Waals surface area (Å²) in [5.74, 6) is -0.299. The highest BCUT2D eigenvalue weighted by atomic mass is 16.2. The number of nitrogens with two attached hydrogens (primary N) is 1. The Bertz CT molecular complexity index is 474. The molecule has 0 aliphatic rings. The van der Waals surface area contributed by atoms with Crippen LogP contribution in [0.4, 0.5) is 11.4 Å². The molecule has 1 atom stereocenters. The second-order valence-corrected chi connectivity index (χ2v) is 4.14. The first kappa shape index (κ1) is 14.8. The SMILES string of the molecule is CCNC(=O)C(C)Nc1ccc(C(=O)NC)cc1N. The summed E-state index contributed by atoms with van der Waals surface area (Å²) in [5, 5.41) is 8.25. The molecular weight excluding hydrogens is 244 g/mol. The van der Waals surface area contributed by atoms with Crippen molar-refractivity contribution in [2.75, 3.05) is 24.6 Å². The van der Waals surface area contributed by atoms with Crippen LogP contribution in [0.5, 0.6) is 0 Å². The molecular formula is C13H20N4O2. The van der Waals surface area contributed by atoms with Gasteiger partial charge in [-0.25, -0.2) is 0 Å². The molecule has 104 valence electrons. The van der Waals surface area contributed by atoms with E-state index in [0.29, 0.717) is 23.5 Å². The van der Waals surface area contributed by atoms with Gasteiger partial charge in [0.15, 0.2) is 0 Å². The second-order valence-electron chi connectivity index (χ2n) is 4.14. The van der Waals surface area contributed by atoms with Gasteiger partial charge >= 0.3 is 0 Å². The standard InChI is InChI=1S/C13H20N4O2/c1-4-16-12(18)8(2)17-11-6-5-9(7-10(11)14)13(19)15-3/h5-8,17H,4,14H2,1-3H3,(H,15,19)(H,16,18). The van der Waals surface area contributed by atoms with E-state index in [-0.39, 0.29) is 11.8 Å². The summed E-state index contributed by atoms with van der Waals surface area (Å²) in [4.78, 5) is 23.0. The molecule has 0 saturated heterocycles. The van der Waals surface area contributed by atoms with Gasteiger partial charge in [-0.3, -0.25) is 9.59 Å². The molecule has 1 unspecified atom stereocenters. The third-order valence-corrected chi connectivity index (χ3v) is 2.66. The molecule has 1 rings (SSSR count). The Morgan fingerprint density at radius 2 is 2.05 bits per heavy atom. The zero-order valence-electron chi connectivity index (χ0n) is 11.4. The van der Waals surface area contributed by atoms with Gasteiger partial charge in [0.25, 0.3) is 5.91 Å². The van der Waals surface area contributed by atoms with Gasteiger partial charge in [-0.2, -0.15) is 0 Å². The second kappa shape index (κ2) is 6.63. The van der Waals surface area contributed by atoms with Crippen LogP contribution in [-0.2, 0) is 4.79 Å². The van der Waals surface area contributed by atoms with Crippen LogP contribution in [0.2, 0.25) is 0 Å². The van der Waals surface area contributed by atoms with Crippen molar-refractivity contribution in [1.82, 2.24) is 10.6 Å². The smallest absolute Gasteiger partial charge is 0.251 e. The zero-order valence-corrected chi connectivity index (χ0v) is 11.4. The predicted molar refractivity (Wildman–Crippen MR) is 76.0 cm³/mol. The van der Waals surface area contributed by atoms with Gasteiger partial charge < -0.3 is 21.7 Å². The van der Waals surface area contributed by atoms with Crippen LogP contribution >= 0.6 is 0 Å². The molecule has 6 heteroatoms. The molecule has 0 spiro atoms. The van der Waals surface area contributed by atoms with Crippen LogP contribution in [0.15, 0.2) is 18.2 Å². The fraction of sp³-hybridized carbons (Fsp3) is 0.385. The summed E-state index contributed by atoms with van der Waals surface area (Å²) in [6.45, 7) is 4.18. The lowest BCUT2D eigenvalue weighted by Gasteiger charge is -2.16. The van der Waals surface area contributed by atoms with E-state index in [1.54, 1.807) is 32.2 Å². The molecule has 1 aromatic carbocycles. The lowest BCUT2D eigenvalue weighted by molar-refractivity contribution is -0.121. The number of likely N-dealkylation sites (N-methyl/N-ethyl adjacent to an activating group) is 1. The molecule has 0 radical (unpaired) electrons. The van der Waals surface area contributed by atoms with E-state index < -0.39 is 6.04 Å². The van der Waals surface area contributed by atoms with E-state index in [2.05, 4.69) is 16.0 Å². The molecule has 1 aromatic rings. The number of rotatable bonds is 5. The van der Waals surface area contributed by atoms with E-state index in [4.69, 9.17) is 5.73 Å². The lowest BCUT2D eigenvalue weighted by atomic mass is 10.1. The van der Waals surface area contributed by atoms with E-state index in [1.165, 1.54) is 0 Å². The van der Waals surface area contributed by atoms with Gasteiger partial charge in [0, 0.05) is 19.2 Å². The number of amides is 2. The first-order valence-corrected chi connectivity index (χ1v) is 6.15. The Kier molecular flexibility index (Phi) is 5.17. The maximum Gasteiger partial charge on any atom is 0.251 e. The Morgan fingerprint density at radius 3 is 2.58 bits per heavy atom. The summed E-state index contributed by atoms with van der Waals surface area (Å²) in [6, 6.07) is 4.52. The van der Waals surface area contributed by atoms with Crippen molar-refractivity contribution in [3.8, 4) is 0 Å². The molecule has 0 aromatic heterocycles. The fourth-order valence-electron chi connectivity index (χ4n) is 1.61. The topological polar surface area (TPSA) is 96.2 Å². The van der Waals surface area contributed by atoms with Crippen molar-refractivity contribution < 1.29 is 9.59 Å². The largest absolute Gasteiger partial charge is 0.397 e. The van der Waals surface area contributed by atoms with Crippen molar-refractivity contribution in [3.63, 3.8) is 0 Å². The Hall–Kier alpha value is -2.24. The molecule has 19 heavy (non-hydrogen) atoms. The monoisotopic (exact) mass is 264 g/mol. The van der Waals surface area contributed by atoms with Gasteiger partial charge in [0.2, 0.25) is 5.91 Å². The van der Waals surface area contributed by atoms with Crippen molar-refractivity contribution >= 4 is 23.2 Å². The van der Waals surface area contributed by atoms with Gasteiger partial charge in [0.05, 0.1) is 11.4 Å². The van der Waals surface area contributed by atoms with E-state index in [1.807, 2.05) is 6.92 Å². The maximum absolute atomic E-state index is 11.6. The molecule has 6 nitrogen and oxygen atoms in total. The average molecular weight is 264 g/mol. The minimum atomic E-state index is -0.395. The molecule has 0 aliphatic carbocycles. The van der Waals surface area contributed by atoms with Crippen LogP contribution in [-0.4, -0.2) is 31.4 Å². The number of benzene rings is 1. The number of hydrogen-bond donors (Lipinski definition) is 4. The zero-order chi connectivity index (χ0) is 14.4. The number of hydrogen-bond acceptors (Lipinski definition) is 4. The van der Waals surface area contributed by atoms with Crippen LogP contribution in [0.25, 0.3) is 0 Å². The highest BCUT2D eigenvalue weighted by Crippen LogP contribution is 2.20. The van der Waals surface area contributed by atoms with Crippen molar-refractivity contribution in [2.24, 2.45) is 0 Å². The number of anilines is 2. The highest BCUT2D eigenvalue weighted by molar-refractivity contribution is 5.96. The molecule has 0 saturated carbocycles. The Balaban J connectivity index is 2.80. The van der Waals surface area contributed by atoms with E-state index in [0.717, 1.165) is 0 Å². The fourth-order valence-corrected chi connectivity index (χ4v) is 1.61. The summed E-state index contributed by atoms with van der Waals surface area (Å²) >= 11 is 0. The summed E-state index contributed by atoms with van der Waals surface area (Å²) in [7, 11) is 1.56. The first-order valence-electron chi connectivity index (χ1n) is 6.15. The third-order valence-electron chi connectivity index (χ3n) is 2.66. The molecule has 5 N–H and O–H groups in total. The van der Waals surface area contributed by atoms with Gasteiger partial charge in [-0.1, -0.05) is 0 Å². The van der Waals surface area contributed by atoms with Crippen molar-refractivity contribution in [1.29, 1.82) is 0 Å². The van der Waals surface area contributed by atoms with Gasteiger partial charge in [-0.05, 0) is 32.0 Å².